The molecule has 11 heteroatoms. The highest BCUT2D eigenvalue weighted by Crippen LogP contribution is 2.25. The van der Waals surface area contributed by atoms with Crippen molar-refractivity contribution in [2.45, 2.75) is 11.3 Å². The molecule has 2 aromatic heterocycles. The third kappa shape index (κ3) is 3.46. The summed E-state index contributed by atoms with van der Waals surface area (Å²) in [7, 11) is 0. The molecule has 1 aromatic carbocycles. The van der Waals surface area contributed by atoms with Gasteiger partial charge in [-0.05, 0) is 18.6 Å². The maximum atomic E-state index is 12.0. The standard InChI is InChI=1S/C12H10N6O3S2/c1-7-4-8(18(20)21)2-3-9(7)14-10(19)5-22-12-16-17-6-13-15-11(17)23-12/h2-4,6H,5H2,1H3,(H,14,19). The third-order valence-electron chi connectivity index (χ3n) is 2.89. The van der Waals surface area contributed by atoms with E-state index in [0.29, 0.717) is 20.6 Å². The second-order valence-electron chi connectivity index (χ2n) is 4.52. The quantitative estimate of drug-likeness (QED) is 0.426. The molecule has 2 heterocycles. The number of nitro groups is 1. The van der Waals surface area contributed by atoms with Gasteiger partial charge in [-0.15, -0.1) is 15.3 Å². The van der Waals surface area contributed by atoms with Crippen molar-refractivity contribution in [3.63, 3.8) is 0 Å². The van der Waals surface area contributed by atoms with Crippen LogP contribution in [-0.4, -0.2) is 36.4 Å². The van der Waals surface area contributed by atoms with Gasteiger partial charge in [-0.1, -0.05) is 23.1 Å². The third-order valence-corrected chi connectivity index (χ3v) is 4.94. The lowest BCUT2D eigenvalue weighted by Crippen LogP contribution is -2.14. The van der Waals surface area contributed by atoms with Crippen LogP contribution in [0.15, 0.2) is 28.9 Å². The number of nitrogens with zero attached hydrogens (tertiary/aromatic N) is 5. The van der Waals surface area contributed by atoms with E-state index in [1.165, 1.54) is 47.6 Å². The van der Waals surface area contributed by atoms with E-state index in [2.05, 4.69) is 20.6 Å². The van der Waals surface area contributed by atoms with Crippen molar-refractivity contribution < 1.29 is 9.72 Å². The molecule has 0 spiro atoms. The Morgan fingerprint density at radius 2 is 2.35 bits per heavy atom. The molecule has 23 heavy (non-hydrogen) atoms. The van der Waals surface area contributed by atoms with Crippen LogP contribution < -0.4 is 5.32 Å². The summed E-state index contributed by atoms with van der Waals surface area (Å²) in [4.78, 5) is 22.9. The first-order valence-corrected chi connectivity index (χ1v) is 8.17. The molecule has 9 nitrogen and oxygen atoms in total. The van der Waals surface area contributed by atoms with E-state index in [-0.39, 0.29) is 17.3 Å². The van der Waals surface area contributed by atoms with E-state index in [9.17, 15) is 14.9 Å². The number of thioether (sulfide) groups is 1. The van der Waals surface area contributed by atoms with Crippen LogP contribution >= 0.6 is 23.1 Å². The van der Waals surface area contributed by atoms with Crippen LogP contribution in [0.4, 0.5) is 11.4 Å². The molecule has 3 rings (SSSR count). The first-order chi connectivity index (χ1) is 11.0. The fraction of sp³-hybridized carbons (Fsp3) is 0.167. The zero-order valence-corrected chi connectivity index (χ0v) is 13.4. The predicted octanol–water partition coefficient (Wildman–Crippen LogP) is 2.13. The molecule has 0 saturated carbocycles. The number of nitro benzene ring substituents is 1. The Hall–Kier alpha value is -2.53. The van der Waals surface area contributed by atoms with Crippen LogP contribution in [0.3, 0.4) is 0 Å². The number of benzene rings is 1. The van der Waals surface area contributed by atoms with Crippen LogP contribution in [0, 0.1) is 17.0 Å². The van der Waals surface area contributed by atoms with E-state index < -0.39 is 4.92 Å². The second kappa shape index (κ2) is 6.30. The monoisotopic (exact) mass is 350 g/mol. The van der Waals surface area contributed by atoms with Crippen molar-refractivity contribution in [3.8, 4) is 0 Å². The number of fused-ring (bicyclic) bond motifs is 1. The minimum absolute atomic E-state index is 0.00499. The Balaban J connectivity index is 1.60. The van der Waals surface area contributed by atoms with Gasteiger partial charge >= 0.3 is 0 Å². The minimum atomic E-state index is -0.470. The van der Waals surface area contributed by atoms with Gasteiger partial charge in [0.2, 0.25) is 10.9 Å². The summed E-state index contributed by atoms with van der Waals surface area (Å²) in [6.45, 7) is 1.71. The van der Waals surface area contributed by atoms with Crippen molar-refractivity contribution in [1.29, 1.82) is 0 Å². The number of rotatable bonds is 5. The number of non-ortho nitro benzene ring substituents is 1. The lowest BCUT2D eigenvalue weighted by molar-refractivity contribution is -0.384. The van der Waals surface area contributed by atoms with Gasteiger partial charge in [-0.25, -0.2) is 0 Å². The Morgan fingerprint density at radius 1 is 1.52 bits per heavy atom. The molecule has 0 unspecified atom stereocenters. The summed E-state index contributed by atoms with van der Waals surface area (Å²) in [5.41, 5.74) is 1.19. The number of hydrogen-bond donors (Lipinski definition) is 1. The number of aryl methyl sites for hydroxylation is 1. The van der Waals surface area contributed by atoms with E-state index in [1.54, 1.807) is 11.4 Å². The smallest absolute Gasteiger partial charge is 0.269 e. The molecule has 0 bridgehead atoms. The van der Waals surface area contributed by atoms with Gasteiger partial charge in [-0.3, -0.25) is 14.9 Å². The highest BCUT2D eigenvalue weighted by atomic mass is 32.2. The maximum absolute atomic E-state index is 12.0. The van der Waals surface area contributed by atoms with E-state index in [1.807, 2.05) is 0 Å². The van der Waals surface area contributed by atoms with Gasteiger partial charge in [0.05, 0.1) is 10.7 Å². The second-order valence-corrected chi connectivity index (χ2v) is 6.70. The molecule has 1 amide bonds. The minimum Gasteiger partial charge on any atom is -0.325 e. The molecule has 0 aliphatic rings. The summed E-state index contributed by atoms with van der Waals surface area (Å²) >= 11 is 2.64. The number of hydrogen-bond acceptors (Lipinski definition) is 8. The SMILES string of the molecule is Cc1cc([N+](=O)[O-])ccc1NC(=O)CSc1nn2cnnc2s1. The summed E-state index contributed by atoms with van der Waals surface area (Å²) < 4.78 is 2.26. The van der Waals surface area contributed by atoms with Crippen molar-refractivity contribution in [2.24, 2.45) is 0 Å². The van der Waals surface area contributed by atoms with Gasteiger partial charge in [0.25, 0.3) is 5.69 Å². The molecular weight excluding hydrogens is 340 g/mol. The number of amides is 1. The Kier molecular flexibility index (Phi) is 4.21. The zero-order chi connectivity index (χ0) is 16.4. The molecule has 118 valence electrons. The molecule has 0 radical (unpaired) electrons. The number of anilines is 1. The normalized spacial score (nSPS) is 10.8. The number of nitrogens with one attached hydrogen (secondary N) is 1. The van der Waals surface area contributed by atoms with Crippen molar-refractivity contribution in [2.75, 3.05) is 11.1 Å². The highest BCUT2D eigenvalue weighted by Gasteiger charge is 2.12. The average molecular weight is 350 g/mol. The number of carbonyl (C=O) groups is 1. The maximum Gasteiger partial charge on any atom is 0.269 e. The summed E-state index contributed by atoms with van der Waals surface area (Å²) in [5, 5.41) is 25.2. The predicted molar refractivity (Wildman–Crippen MR) is 85.8 cm³/mol. The lowest BCUT2D eigenvalue weighted by Gasteiger charge is -2.07. The average Bonchev–Trinajstić information content (AvgIpc) is 3.08. The Morgan fingerprint density at radius 3 is 3.04 bits per heavy atom. The largest absolute Gasteiger partial charge is 0.325 e. The Bertz CT molecular complexity index is 861. The fourth-order valence-electron chi connectivity index (χ4n) is 1.82. The van der Waals surface area contributed by atoms with Crippen LogP contribution in [0.1, 0.15) is 5.56 Å². The van der Waals surface area contributed by atoms with Gasteiger partial charge in [-0.2, -0.15) is 4.52 Å². The van der Waals surface area contributed by atoms with Gasteiger partial charge in [0.15, 0.2) is 4.34 Å². The molecule has 0 aliphatic heterocycles. The summed E-state index contributed by atoms with van der Waals surface area (Å²) in [5.74, 6) is -0.0292. The Labute approximate surface area is 137 Å². The van der Waals surface area contributed by atoms with Crippen LogP contribution in [0.25, 0.3) is 4.96 Å². The number of carbonyl (C=O) groups excluding carboxylic acids is 1. The summed E-state index contributed by atoms with van der Waals surface area (Å²) in [6, 6.07) is 4.31. The molecule has 0 atom stereocenters. The number of aromatic nitrogens is 4. The van der Waals surface area contributed by atoms with Crippen molar-refractivity contribution in [3.05, 3.63) is 40.2 Å². The molecular formula is C12H10N6O3S2. The van der Waals surface area contributed by atoms with Crippen molar-refractivity contribution in [1.82, 2.24) is 19.8 Å². The van der Waals surface area contributed by atoms with Crippen LogP contribution in [0.2, 0.25) is 0 Å². The zero-order valence-electron chi connectivity index (χ0n) is 11.8. The fourth-order valence-corrected chi connectivity index (χ4v) is 3.48. The van der Waals surface area contributed by atoms with E-state index in [4.69, 9.17) is 0 Å². The van der Waals surface area contributed by atoms with Crippen LogP contribution in [-0.2, 0) is 4.79 Å². The highest BCUT2D eigenvalue weighted by molar-refractivity contribution is 8.01. The summed E-state index contributed by atoms with van der Waals surface area (Å²) in [6.07, 6.45) is 1.50. The van der Waals surface area contributed by atoms with Crippen molar-refractivity contribution >= 4 is 45.3 Å². The topological polar surface area (TPSA) is 115 Å². The first kappa shape index (κ1) is 15.4. The molecule has 0 fully saturated rings. The van der Waals surface area contributed by atoms with Gasteiger partial charge in [0, 0.05) is 17.8 Å². The van der Waals surface area contributed by atoms with Crippen LogP contribution in [0.5, 0.6) is 0 Å². The lowest BCUT2D eigenvalue weighted by atomic mass is 10.2. The van der Waals surface area contributed by atoms with E-state index >= 15 is 0 Å². The van der Waals surface area contributed by atoms with Gasteiger partial charge in [0.1, 0.15) is 6.33 Å². The van der Waals surface area contributed by atoms with E-state index in [0.717, 1.165) is 0 Å². The molecule has 3 aromatic rings. The molecule has 0 aliphatic carbocycles. The van der Waals surface area contributed by atoms with Gasteiger partial charge < -0.3 is 5.32 Å². The molecule has 0 saturated heterocycles. The molecule has 1 N–H and O–H groups in total. The first-order valence-electron chi connectivity index (χ1n) is 6.37.